The molecule has 0 N–H and O–H groups in total. The largest absolute Gasteiger partial charge is 0.495 e. The van der Waals surface area contributed by atoms with Crippen molar-refractivity contribution >= 4 is 23.5 Å². The zero-order valence-corrected chi connectivity index (χ0v) is 24.7. The van der Waals surface area contributed by atoms with Crippen molar-refractivity contribution in [2.75, 3.05) is 44.8 Å². The molecule has 2 amide bonds. The fourth-order valence-electron chi connectivity index (χ4n) is 5.84. The molecule has 1 saturated heterocycles. The minimum atomic E-state index is -0.595. The number of hydrogen-bond donors (Lipinski definition) is 0. The van der Waals surface area contributed by atoms with Crippen LogP contribution < -0.4 is 9.64 Å². The summed E-state index contributed by atoms with van der Waals surface area (Å²) < 4.78 is 24.8. The van der Waals surface area contributed by atoms with Crippen LogP contribution in [-0.4, -0.2) is 67.5 Å². The smallest absolute Gasteiger partial charge is 0.336 e. The first kappa shape index (κ1) is 29.8. The lowest BCUT2D eigenvalue weighted by molar-refractivity contribution is -0.140. The highest BCUT2D eigenvalue weighted by Gasteiger charge is 2.37. The van der Waals surface area contributed by atoms with E-state index in [4.69, 9.17) is 9.47 Å². The van der Waals surface area contributed by atoms with Gasteiger partial charge >= 0.3 is 5.97 Å². The van der Waals surface area contributed by atoms with E-state index in [9.17, 15) is 18.8 Å². The quantitative estimate of drug-likeness (QED) is 0.341. The van der Waals surface area contributed by atoms with Crippen molar-refractivity contribution in [2.24, 2.45) is 0 Å². The van der Waals surface area contributed by atoms with E-state index < -0.39 is 17.7 Å². The number of carbonyl (C=O) groups excluding carboxylic acids is 3. The van der Waals surface area contributed by atoms with E-state index in [2.05, 4.69) is 4.90 Å². The fraction of sp³-hybridized carbons (Fsp3) is 0.324. The van der Waals surface area contributed by atoms with Gasteiger partial charge in [-0.3, -0.25) is 9.59 Å². The predicted molar refractivity (Wildman–Crippen MR) is 161 cm³/mol. The first-order valence-corrected chi connectivity index (χ1v) is 14.5. The standard InChI is InChI=1S/C34H36FN3O5/c1-4-43-34(41)32-23(2)38(31(39)21-28(32)26-8-7-9-27(35)20-26)22-24-12-14-25(15-13-24)33(40)37-18-16-36(17-19-37)29-10-5-6-11-30(29)42-3/h5-15,20,28H,4,16-19,21-22H2,1-3H3. The molecule has 0 spiro atoms. The maximum absolute atomic E-state index is 14.0. The summed E-state index contributed by atoms with van der Waals surface area (Å²) in [6.45, 7) is 6.44. The molecule has 3 aromatic carbocycles. The number of methoxy groups -OCH3 is 1. The van der Waals surface area contributed by atoms with Crippen molar-refractivity contribution in [3.05, 3.63) is 107 Å². The molecule has 3 aromatic rings. The normalized spacial score (nSPS) is 17.3. The molecule has 2 heterocycles. The monoisotopic (exact) mass is 585 g/mol. The molecule has 2 aliphatic heterocycles. The Morgan fingerprint density at radius 1 is 0.953 bits per heavy atom. The van der Waals surface area contributed by atoms with E-state index in [1.54, 1.807) is 50.1 Å². The molecule has 1 unspecified atom stereocenters. The SMILES string of the molecule is CCOC(=O)C1=C(C)N(Cc2ccc(C(=O)N3CCN(c4ccccc4OC)CC3)cc2)C(=O)CC1c1cccc(F)c1. The van der Waals surface area contributed by atoms with Crippen LogP contribution in [0.3, 0.4) is 0 Å². The Morgan fingerprint density at radius 3 is 2.35 bits per heavy atom. The topological polar surface area (TPSA) is 79.4 Å². The number of allylic oxidation sites excluding steroid dienone is 1. The first-order valence-electron chi connectivity index (χ1n) is 14.5. The van der Waals surface area contributed by atoms with Crippen molar-refractivity contribution in [3.8, 4) is 5.75 Å². The third-order valence-corrected chi connectivity index (χ3v) is 8.10. The van der Waals surface area contributed by atoms with E-state index in [0.29, 0.717) is 48.6 Å². The number of piperazine rings is 1. The Labute approximate surface area is 251 Å². The Hall–Kier alpha value is -4.66. The van der Waals surface area contributed by atoms with Crippen molar-refractivity contribution in [2.45, 2.75) is 32.7 Å². The number of anilines is 1. The molecule has 43 heavy (non-hydrogen) atoms. The molecule has 5 rings (SSSR count). The molecule has 0 aromatic heterocycles. The van der Waals surface area contributed by atoms with E-state index in [0.717, 1.165) is 17.0 Å². The van der Waals surface area contributed by atoms with Crippen LogP contribution in [0.25, 0.3) is 0 Å². The van der Waals surface area contributed by atoms with Crippen LogP contribution in [0.5, 0.6) is 5.75 Å². The first-order chi connectivity index (χ1) is 20.8. The van der Waals surface area contributed by atoms with Gasteiger partial charge in [0.05, 0.1) is 31.5 Å². The van der Waals surface area contributed by atoms with E-state index in [1.165, 1.54) is 12.1 Å². The van der Waals surface area contributed by atoms with Crippen molar-refractivity contribution in [1.82, 2.24) is 9.80 Å². The molecule has 0 aliphatic carbocycles. The average molecular weight is 586 g/mol. The number of nitrogens with zero attached hydrogens (tertiary/aromatic N) is 3. The highest BCUT2D eigenvalue weighted by Crippen LogP contribution is 2.38. The number of halogens is 1. The van der Waals surface area contributed by atoms with Crippen LogP contribution in [0.1, 0.15) is 47.7 Å². The molecule has 0 saturated carbocycles. The molecule has 1 fully saturated rings. The van der Waals surface area contributed by atoms with Gasteiger partial charge in [-0.2, -0.15) is 0 Å². The fourth-order valence-corrected chi connectivity index (χ4v) is 5.84. The number of ether oxygens (including phenoxy) is 2. The zero-order chi connectivity index (χ0) is 30.5. The van der Waals surface area contributed by atoms with Crippen molar-refractivity contribution < 1.29 is 28.2 Å². The number of para-hydroxylation sites is 2. The third-order valence-electron chi connectivity index (χ3n) is 8.10. The Morgan fingerprint density at radius 2 is 1.67 bits per heavy atom. The Bertz CT molecular complexity index is 1530. The van der Waals surface area contributed by atoms with Crippen LogP contribution in [0.15, 0.2) is 84.1 Å². The number of esters is 1. The molecular formula is C34H36FN3O5. The van der Waals surface area contributed by atoms with Gasteiger partial charge in [-0.1, -0.05) is 36.4 Å². The molecule has 0 bridgehead atoms. The molecular weight excluding hydrogens is 549 g/mol. The predicted octanol–water partition coefficient (Wildman–Crippen LogP) is 5.15. The highest BCUT2D eigenvalue weighted by atomic mass is 19.1. The molecule has 2 aliphatic rings. The lowest BCUT2D eigenvalue weighted by Crippen LogP contribution is -2.48. The lowest BCUT2D eigenvalue weighted by atomic mass is 9.83. The number of hydrogen-bond acceptors (Lipinski definition) is 6. The summed E-state index contributed by atoms with van der Waals surface area (Å²) in [7, 11) is 1.66. The summed E-state index contributed by atoms with van der Waals surface area (Å²) in [5.41, 5.74) is 3.80. The third kappa shape index (κ3) is 6.40. The van der Waals surface area contributed by atoms with Crippen LogP contribution in [0.2, 0.25) is 0 Å². The Balaban J connectivity index is 1.28. The van der Waals surface area contributed by atoms with Crippen molar-refractivity contribution in [3.63, 3.8) is 0 Å². The van der Waals surface area contributed by atoms with E-state index in [1.807, 2.05) is 41.3 Å². The van der Waals surface area contributed by atoms with Gasteiger partial charge < -0.3 is 24.2 Å². The molecule has 9 heteroatoms. The summed E-state index contributed by atoms with van der Waals surface area (Å²) in [6.07, 6.45) is 0.0202. The van der Waals surface area contributed by atoms with Gasteiger partial charge in [-0.15, -0.1) is 0 Å². The van der Waals surface area contributed by atoms with E-state index in [-0.39, 0.29) is 31.4 Å². The average Bonchev–Trinajstić information content (AvgIpc) is 3.03. The van der Waals surface area contributed by atoms with Crippen LogP contribution in [-0.2, 0) is 20.9 Å². The highest BCUT2D eigenvalue weighted by molar-refractivity contribution is 5.96. The molecule has 0 radical (unpaired) electrons. The molecule has 224 valence electrons. The van der Waals surface area contributed by atoms with Gasteiger partial charge in [-0.05, 0) is 61.4 Å². The maximum Gasteiger partial charge on any atom is 0.336 e. The van der Waals surface area contributed by atoms with E-state index >= 15 is 0 Å². The summed E-state index contributed by atoms with van der Waals surface area (Å²) in [5.74, 6) is -0.942. The van der Waals surface area contributed by atoms with Crippen molar-refractivity contribution in [1.29, 1.82) is 0 Å². The van der Waals surface area contributed by atoms with Gasteiger partial charge in [0.15, 0.2) is 0 Å². The van der Waals surface area contributed by atoms with Gasteiger partial charge in [-0.25, -0.2) is 9.18 Å². The maximum atomic E-state index is 14.0. The second-order valence-corrected chi connectivity index (χ2v) is 10.7. The molecule has 1 atom stereocenters. The van der Waals surface area contributed by atoms with Gasteiger partial charge in [0.2, 0.25) is 5.91 Å². The zero-order valence-electron chi connectivity index (χ0n) is 24.7. The second-order valence-electron chi connectivity index (χ2n) is 10.7. The minimum Gasteiger partial charge on any atom is -0.495 e. The second kappa shape index (κ2) is 13.1. The molecule has 8 nitrogen and oxygen atoms in total. The summed E-state index contributed by atoms with van der Waals surface area (Å²) in [6, 6.07) is 21.1. The summed E-state index contributed by atoms with van der Waals surface area (Å²) >= 11 is 0. The number of amides is 2. The number of rotatable bonds is 8. The van der Waals surface area contributed by atoms with Crippen LogP contribution in [0.4, 0.5) is 10.1 Å². The van der Waals surface area contributed by atoms with Crippen LogP contribution >= 0.6 is 0 Å². The van der Waals surface area contributed by atoms with Crippen LogP contribution in [0, 0.1) is 5.82 Å². The number of benzene rings is 3. The Kier molecular flexibility index (Phi) is 9.09. The van der Waals surface area contributed by atoms with Gasteiger partial charge in [0, 0.05) is 49.8 Å². The number of carbonyl (C=O) groups is 3. The van der Waals surface area contributed by atoms with Gasteiger partial charge in [0.25, 0.3) is 5.91 Å². The van der Waals surface area contributed by atoms with Gasteiger partial charge in [0.1, 0.15) is 11.6 Å². The summed E-state index contributed by atoms with van der Waals surface area (Å²) in [5, 5.41) is 0. The summed E-state index contributed by atoms with van der Waals surface area (Å²) in [4.78, 5) is 45.3. The minimum absolute atomic E-state index is 0.0202. The lowest BCUT2D eigenvalue weighted by Gasteiger charge is -2.36.